The van der Waals surface area contributed by atoms with Crippen LogP contribution in [0.4, 0.5) is 0 Å². The lowest BCUT2D eigenvalue weighted by Gasteiger charge is -2.21. The van der Waals surface area contributed by atoms with Crippen molar-refractivity contribution in [3.8, 4) is 0 Å². The molecule has 0 saturated carbocycles. The zero-order chi connectivity index (χ0) is 72.1. The molecule has 0 bridgehead atoms. The lowest BCUT2D eigenvalue weighted by atomic mass is 9.99. The average Bonchev–Trinajstić information content (AvgIpc) is 1.63. The smallest absolute Gasteiger partial charge is 0.462 e. The zero-order valence-electron chi connectivity index (χ0n) is 64.1. The molecule has 0 aliphatic heterocycles. The second kappa shape index (κ2) is 70.7. The van der Waals surface area contributed by atoms with Gasteiger partial charge < -0.3 is 33.8 Å². The minimum atomic E-state index is -4.96. The average molecular weight is 1440 g/mol. The summed E-state index contributed by atoms with van der Waals surface area (Å²) >= 11 is 0. The molecule has 0 aliphatic rings. The first-order valence-electron chi connectivity index (χ1n) is 41.0. The third kappa shape index (κ3) is 71.1. The summed E-state index contributed by atoms with van der Waals surface area (Å²) in [5.74, 6) is -0.585. The van der Waals surface area contributed by atoms with Crippen molar-refractivity contribution in [3.63, 3.8) is 0 Å². The molecule has 0 aromatic heterocycles. The Hall–Kier alpha value is -1.94. The van der Waals surface area contributed by atoms with Crippen LogP contribution < -0.4 is 0 Å². The first-order valence-corrected chi connectivity index (χ1v) is 44.0. The summed E-state index contributed by atoms with van der Waals surface area (Å²) in [7, 11) is -9.92. The molecular formula is C79H154O17P2. The molecule has 17 nitrogen and oxygen atoms in total. The Morgan fingerprint density at radius 1 is 0.296 bits per heavy atom. The van der Waals surface area contributed by atoms with Crippen LogP contribution in [-0.4, -0.2) is 96.7 Å². The second-order valence-electron chi connectivity index (χ2n) is 29.2. The maximum atomic E-state index is 13.1. The summed E-state index contributed by atoms with van der Waals surface area (Å²) in [5.41, 5.74) is 0. The van der Waals surface area contributed by atoms with Crippen molar-refractivity contribution in [2.24, 2.45) is 11.8 Å². The molecule has 0 radical (unpaired) electrons. The van der Waals surface area contributed by atoms with Gasteiger partial charge in [0.15, 0.2) is 12.2 Å². The largest absolute Gasteiger partial charge is 0.472 e. The Morgan fingerprint density at radius 3 is 0.776 bits per heavy atom. The summed E-state index contributed by atoms with van der Waals surface area (Å²) in [5, 5.41) is 10.6. The number of esters is 4. The fourth-order valence-corrected chi connectivity index (χ4v) is 13.7. The molecule has 6 atom stereocenters. The Morgan fingerprint density at radius 2 is 0.520 bits per heavy atom. The van der Waals surface area contributed by atoms with E-state index in [2.05, 4.69) is 41.5 Å². The number of rotatable bonds is 78. The van der Waals surface area contributed by atoms with Gasteiger partial charge >= 0.3 is 39.5 Å². The summed E-state index contributed by atoms with van der Waals surface area (Å²) in [6, 6.07) is 0. The number of hydrogen-bond acceptors (Lipinski definition) is 15. The highest BCUT2D eigenvalue weighted by atomic mass is 31.2. The van der Waals surface area contributed by atoms with E-state index in [0.29, 0.717) is 25.7 Å². The van der Waals surface area contributed by atoms with Gasteiger partial charge in [0.05, 0.1) is 26.4 Å². The fraction of sp³-hybridized carbons (Fsp3) is 0.949. The van der Waals surface area contributed by atoms with Gasteiger partial charge in [0.1, 0.15) is 19.3 Å². The molecule has 3 N–H and O–H groups in total. The first kappa shape index (κ1) is 96.1. The molecule has 0 aromatic rings. The monoisotopic (exact) mass is 1440 g/mol. The van der Waals surface area contributed by atoms with Gasteiger partial charge in [-0.1, -0.05) is 363 Å². The van der Waals surface area contributed by atoms with Gasteiger partial charge in [-0.15, -0.1) is 0 Å². The number of hydrogen-bond donors (Lipinski definition) is 3. The van der Waals surface area contributed by atoms with Crippen molar-refractivity contribution < 1.29 is 80.2 Å². The summed E-state index contributed by atoms with van der Waals surface area (Å²) in [6.07, 6.45) is 59.7. The van der Waals surface area contributed by atoms with Crippen molar-refractivity contribution >= 4 is 39.5 Å². The zero-order valence-corrected chi connectivity index (χ0v) is 65.9. The number of carbonyl (C=O) groups excluding carboxylic acids is 4. The Kier molecular flexibility index (Phi) is 69.3. The van der Waals surface area contributed by atoms with Crippen LogP contribution in [0.3, 0.4) is 0 Å². The van der Waals surface area contributed by atoms with Crippen LogP contribution >= 0.6 is 15.6 Å². The van der Waals surface area contributed by atoms with Crippen molar-refractivity contribution in [1.82, 2.24) is 0 Å². The van der Waals surface area contributed by atoms with Crippen LogP contribution in [0.1, 0.15) is 414 Å². The van der Waals surface area contributed by atoms with Gasteiger partial charge in [0, 0.05) is 25.7 Å². The van der Waals surface area contributed by atoms with Gasteiger partial charge in [-0.05, 0) is 37.5 Å². The number of aliphatic hydroxyl groups is 1. The summed E-state index contributed by atoms with van der Waals surface area (Å²) in [6.45, 7) is 9.61. The maximum Gasteiger partial charge on any atom is 0.472 e. The first-order chi connectivity index (χ1) is 47.4. The van der Waals surface area contributed by atoms with E-state index in [-0.39, 0.29) is 25.7 Å². The van der Waals surface area contributed by atoms with E-state index in [1.807, 2.05) is 0 Å². The highest BCUT2D eigenvalue weighted by Crippen LogP contribution is 2.45. The van der Waals surface area contributed by atoms with Gasteiger partial charge in [0.2, 0.25) is 0 Å². The van der Waals surface area contributed by atoms with Gasteiger partial charge in [-0.3, -0.25) is 37.3 Å². The topological polar surface area (TPSA) is 237 Å². The van der Waals surface area contributed by atoms with E-state index in [0.717, 1.165) is 102 Å². The van der Waals surface area contributed by atoms with Crippen LogP contribution in [0.15, 0.2) is 0 Å². The number of aliphatic hydroxyl groups excluding tert-OH is 1. The van der Waals surface area contributed by atoms with E-state index in [1.54, 1.807) is 0 Å². The molecule has 0 rings (SSSR count). The van der Waals surface area contributed by atoms with Crippen LogP contribution in [0.2, 0.25) is 0 Å². The molecule has 0 saturated heterocycles. The van der Waals surface area contributed by atoms with E-state index in [9.17, 15) is 43.2 Å². The molecule has 582 valence electrons. The lowest BCUT2D eigenvalue weighted by Crippen LogP contribution is -2.30. The minimum absolute atomic E-state index is 0.105. The van der Waals surface area contributed by atoms with Crippen LogP contribution in [0.5, 0.6) is 0 Å². The van der Waals surface area contributed by atoms with Crippen molar-refractivity contribution in [2.45, 2.75) is 432 Å². The third-order valence-corrected chi connectivity index (χ3v) is 20.7. The molecule has 3 unspecified atom stereocenters. The molecule has 19 heteroatoms. The standard InChI is InChI=1S/C79H154O17P2/c1-7-10-12-14-16-18-20-22-23-24-25-26-27-28-29-30-32-38-45-51-57-63-78(83)95-74(67-90-77(82)62-56-50-44-37-34-33-35-41-47-53-59-71(4)5)69-93-97(85,86)91-65-73(80)66-92-98(87,88)94-70-75(96-79(84)64-58-52-46-40-39-42-48-54-60-72(6)9-3)68-89-76(81)61-55-49-43-36-31-21-19-17-15-13-11-8-2/h71-75,80H,7-70H2,1-6H3,(H,85,86)(H,87,88)/t72?,73-,74-,75-/m1/s1. The van der Waals surface area contributed by atoms with Crippen molar-refractivity contribution in [3.05, 3.63) is 0 Å². The van der Waals surface area contributed by atoms with E-state index < -0.39 is 97.5 Å². The Labute approximate surface area is 600 Å². The molecule has 98 heavy (non-hydrogen) atoms. The predicted molar refractivity (Wildman–Crippen MR) is 400 cm³/mol. The number of ether oxygens (including phenoxy) is 4. The van der Waals surface area contributed by atoms with Gasteiger partial charge in [-0.25, -0.2) is 9.13 Å². The second-order valence-corrected chi connectivity index (χ2v) is 32.1. The van der Waals surface area contributed by atoms with Crippen molar-refractivity contribution in [2.75, 3.05) is 39.6 Å². The molecule has 0 amide bonds. The molecular weight excluding hydrogens is 1280 g/mol. The van der Waals surface area contributed by atoms with E-state index in [1.165, 1.54) is 231 Å². The SMILES string of the molecule is CCCCCCCCCCCCCCCCCCCCCCCC(=O)O[C@H](COC(=O)CCCCCCCCCCCCC(C)C)COP(=O)(O)OC[C@@H](O)COP(=O)(O)OC[C@@H](COC(=O)CCCCCCCCCCCCCC)OC(=O)CCCCCCCCCCC(C)CC. The summed E-state index contributed by atoms with van der Waals surface area (Å²) in [4.78, 5) is 72.9. The van der Waals surface area contributed by atoms with Crippen LogP contribution in [0, 0.1) is 11.8 Å². The highest BCUT2D eigenvalue weighted by Gasteiger charge is 2.30. The van der Waals surface area contributed by atoms with E-state index in [4.69, 9.17) is 37.0 Å². The number of carbonyl (C=O) groups is 4. The quantitative estimate of drug-likeness (QED) is 0.0222. The molecule has 0 aliphatic carbocycles. The number of phosphoric ester groups is 2. The van der Waals surface area contributed by atoms with E-state index >= 15 is 0 Å². The third-order valence-electron chi connectivity index (χ3n) is 18.8. The molecule has 0 heterocycles. The Balaban J connectivity index is 5.22. The van der Waals surface area contributed by atoms with Crippen LogP contribution in [0.25, 0.3) is 0 Å². The summed E-state index contributed by atoms with van der Waals surface area (Å²) < 4.78 is 68.6. The maximum absolute atomic E-state index is 13.1. The molecule has 0 fully saturated rings. The number of phosphoric acid groups is 2. The Bertz CT molecular complexity index is 1890. The fourth-order valence-electron chi connectivity index (χ4n) is 12.2. The highest BCUT2D eigenvalue weighted by molar-refractivity contribution is 7.47. The van der Waals surface area contributed by atoms with Gasteiger partial charge in [0.25, 0.3) is 0 Å². The van der Waals surface area contributed by atoms with Crippen molar-refractivity contribution in [1.29, 1.82) is 0 Å². The minimum Gasteiger partial charge on any atom is -0.462 e. The number of unbranched alkanes of at least 4 members (excludes halogenated alkanes) is 47. The van der Waals surface area contributed by atoms with Crippen LogP contribution in [-0.2, 0) is 65.4 Å². The lowest BCUT2D eigenvalue weighted by molar-refractivity contribution is -0.161. The predicted octanol–water partition coefficient (Wildman–Crippen LogP) is 23.5. The van der Waals surface area contributed by atoms with Gasteiger partial charge in [-0.2, -0.15) is 0 Å². The molecule has 0 aromatic carbocycles. The molecule has 0 spiro atoms. The normalized spacial score (nSPS) is 14.2.